The molecule has 3 aromatic rings. The minimum Gasteiger partial charge on any atom is -0.353 e. The molecule has 0 bridgehead atoms. The van der Waals surface area contributed by atoms with Crippen LogP contribution in [0.4, 0.5) is 20.2 Å². The number of primary sulfonamides is 1. The van der Waals surface area contributed by atoms with Crippen LogP contribution in [0.1, 0.15) is 34.7 Å². The Labute approximate surface area is 200 Å². The van der Waals surface area contributed by atoms with Crippen LogP contribution in [0, 0.1) is 11.6 Å². The van der Waals surface area contributed by atoms with E-state index in [1.807, 2.05) is 0 Å². The van der Waals surface area contributed by atoms with E-state index >= 15 is 0 Å². The smallest absolute Gasteiger partial charge is 0.257 e. The van der Waals surface area contributed by atoms with Crippen LogP contribution < -0.4 is 10.5 Å². The van der Waals surface area contributed by atoms with E-state index in [2.05, 4.69) is 10.3 Å². The van der Waals surface area contributed by atoms with Gasteiger partial charge in [0.25, 0.3) is 15.9 Å². The number of amides is 1. The van der Waals surface area contributed by atoms with Gasteiger partial charge in [-0.15, -0.1) is 0 Å². The Morgan fingerprint density at radius 3 is 2.41 bits per heavy atom. The number of halogens is 3. The average Bonchev–Trinajstić information content (AvgIpc) is 2.81. The van der Waals surface area contributed by atoms with Gasteiger partial charge in [0.1, 0.15) is 11.6 Å². The van der Waals surface area contributed by atoms with Crippen molar-refractivity contribution in [2.75, 3.05) is 18.4 Å². The molecule has 2 aromatic carbocycles. The summed E-state index contributed by atoms with van der Waals surface area (Å²) >= 11 is 6.02. The number of anilines is 2. The third kappa shape index (κ3) is 5.19. The number of piperidine rings is 1. The van der Waals surface area contributed by atoms with Crippen molar-refractivity contribution < 1.29 is 22.0 Å². The zero-order valence-corrected chi connectivity index (χ0v) is 19.4. The zero-order valence-electron chi connectivity index (χ0n) is 17.8. The predicted molar refractivity (Wildman–Crippen MR) is 125 cm³/mol. The fraction of sp³-hybridized carbons (Fsp3) is 0.217. The Morgan fingerprint density at radius 2 is 1.76 bits per heavy atom. The molecule has 34 heavy (non-hydrogen) atoms. The summed E-state index contributed by atoms with van der Waals surface area (Å²) in [7, 11) is -4.15. The van der Waals surface area contributed by atoms with Gasteiger partial charge in [-0.3, -0.25) is 4.79 Å². The topological polar surface area (TPSA) is 105 Å². The first-order valence-corrected chi connectivity index (χ1v) is 12.3. The predicted octanol–water partition coefficient (Wildman–Crippen LogP) is 4.42. The van der Waals surface area contributed by atoms with Gasteiger partial charge in [0.05, 0.1) is 22.0 Å². The van der Waals surface area contributed by atoms with Crippen molar-refractivity contribution in [2.24, 2.45) is 5.14 Å². The zero-order chi connectivity index (χ0) is 24.5. The lowest BCUT2D eigenvalue weighted by Gasteiger charge is -2.32. The van der Waals surface area contributed by atoms with Crippen molar-refractivity contribution in [1.29, 1.82) is 0 Å². The molecule has 0 radical (unpaired) electrons. The van der Waals surface area contributed by atoms with Crippen LogP contribution in [-0.2, 0) is 10.0 Å². The van der Waals surface area contributed by atoms with Gasteiger partial charge in [0.2, 0.25) is 0 Å². The van der Waals surface area contributed by atoms with Gasteiger partial charge in [-0.1, -0.05) is 29.8 Å². The highest BCUT2D eigenvalue weighted by molar-refractivity contribution is 7.89. The highest BCUT2D eigenvalue weighted by atomic mass is 35.5. The van der Waals surface area contributed by atoms with Gasteiger partial charge in [0, 0.05) is 25.4 Å². The Kier molecular flexibility index (Phi) is 6.83. The fourth-order valence-electron chi connectivity index (χ4n) is 3.93. The van der Waals surface area contributed by atoms with Gasteiger partial charge in [-0.05, 0) is 48.6 Å². The van der Waals surface area contributed by atoms with Gasteiger partial charge in [-0.2, -0.15) is 0 Å². The lowest BCUT2D eigenvalue weighted by atomic mass is 9.89. The molecule has 1 amide bonds. The number of nitrogens with one attached hydrogen (secondary N) is 1. The molecule has 1 aliphatic heterocycles. The quantitative estimate of drug-likeness (QED) is 0.532. The summed E-state index contributed by atoms with van der Waals surface area (Å²) in [6.07, 6.45) is 2.49. The van der Waals surface area contributed by atoms with Crippen molar-refractivity contribution in [3.63, 3.8) is 0 Å². The molecule has 1 saturated heterocycles. The minimum absolute atomic E-state index is 0.0807. The molecule has 3 N–H and O–H groups in total. The van der Waals surface area contributed by atoms with Gasteiger partial charge in [0.15, 0.2) is 5.03 Å². The van der Waals surface area contributed by atoms with Crippen LogP contribution in [0.25, 0.3) is 0 Å². The van der Waals surface area contributed by atoms with Crippen LogP contribution in [0.15, 0.2) is 59.8 Å². The molecular weight excluding hydrogens is 486 g/mol. The van der Waals surface area contributed by atoms with E-state index in [-0.39, 0.29) is 39.6 Å². The monoisotopic (exact) mass is 506 g/mol. The fourth-order valence-corrected chi connectivity index (χ4v) is 4.59. The first-order chi connectivity index (χ1) is 16.1. The maximum atomic E-state index is 13.9. The molecule has 1 fully saturated rings. The Balaban J connectivity index is 1.59. The molecule has 0 spiro atoms. The standard InChI is InChI=1S/C23H21ClF2N4O3S/c24-22-18(26)2-1-3-19(22)29-20-12-21(34(27,32)33)28-13-17(20)23(31)30-10-8-15(9-11-30)14-4-6-16(25)7-5-14/h1-7,12-13,15H,8-11H2,(H,28,29)(H2,27,32,33). The second kappa shape index (κ2) is 9.65. The molecule has 2 heterocycles. The van der Waals surface area contributed by atoms with E-state index in [4.69, 9.17) is 16.7 Å². The molecule has 0 saturated carbocycles. The van der Waals surface area contributed by atoms with E-state index in [0.717, 1.165) is 17.8 Å². The number of rotatable bonds is 5. The highest BCUT2D eigenvalue weighted by Crippen LogP contribution is 2.32. The number of benzene rings is 2. The van der Waals surface area contributed by atoms with Crippen LogP contribution in [0.2, 0.25) is 5.02 Å². The maximum Gasteiger partial charge on any atom is 0.257 e. The highest BCUT2D eigenvalue weighted by Gasteiger charge is 2.27. The third-order valence-electron chi connectivity index (χ3n) is 5.75. The lowest BCUT2D eigenvalue weighted by molar-refractivity contribution is 0.0713. The molecule has 4 rings (SSSR count). The van der Waals surface area contributed by atoms with E-state index < -0.39 is 20.9 Å². The van der Waals surface area contributed by atoms with Gasteiger partial charge >= 0.3 is 0 Å². The summed E-state index contributed by atoms with van der Waals surface area (Å²) in [5.41, 5.74) is 1.33. The van der Waals surface area contributed by atoms with E-state index in [1.54, 1.807) is 17.0 Å². The molecule has 11 heteroatoms. The van der Waals surface area contributed by atoms with Crippen LogP contribution in [0.5, 0.6) is 0 Å². The number of nitrogens with zero attached hydrogens (tertiary/aromatic N) is 2. The molecule has 1 aromatic heterocycles. The van der Waals surface area contributed by atoms with E-state index in [1.165, 1.54) is 30.3 Å². The number of nitrogens with two attached hydrogens (primary N) is 1. The van der Waals surface area contributed by atoms with Crippen LogP contribution in [-0.4, -0.2) is 37.3 Å². The average molecular weight is 507 g/mol. The summed E-state index contributed by atoms with van der Waals surface area (Å²) < 4.78 is 50.7. The molecule has 7 nitrogen and oxygen atoms in total. The van der Waals surface area contributed by atoms with Crippen LogP contribution >= 0.6 is 11.6 Å². The van der Waals surface area contributed by atoms with E-state index in [0.29, 0.717) is 25.9 Å². The SMILES string of the molecule is NS(=O)(=O)c1cc(Nc2cccc(F)c2Cl)c(C(=O)N2CCC(c3ccc(F)cc3)CC2)cn1. The van der Waals surface area contributed by atoms with Crippen molar-refractivity contribution >= 4 is 38.9 Å². The minimum atomic E-state index is -4.15. The van der Waals surface area contributed by atoms with Crippen molar-refractivity contribution in [3.8, 4) is 0 Å². The lowest BCUT2D eigenvalue weighted by Crippen LogP contribution is -2.38. The molecule has 0 atom stereocenters. The first-order valence-electron chi connectivity index (χ1n) is 10.4. The summed E-state index contributed by atoms with van der Waals surface area (Å²) in [6, 6.07) is 11.5. The molecular formula is C23H21ClF2N4O3S. The molecule has 1 aliphatic rings. The molecule has 0 aliphatic carbocycles. The van der Waals surface area contributed by atoms with Gasteiger partial charge in [-0.25, -0.2) is 27.3 Å². The number of sulfonamides is 1. The summed E-state index contributed by atoms with van der Waals surface area (Å²) in [6.45, 7) is 0.885. The summed E-state index contributed by atoms with van der Waals surface area (Å²) in [5, 5.41) is 7.38. The molecule has 178 valence electrons. The number of hydrogen-bond acceptors (Lipinski definition) is 5. The Bertz CT molecular complexity index is 1330. The van der Waals surface area contributed by atoms with Crippen molar-refractivity contribution in [3.05, 3.63) is 82.5 Å². The summed E-state index contributed by atoms with van der Waals surface area (Å²) in [5.74, 6) is -1.16. The number of likely N-dealkylation sites (tertiary alicyclic amines) is 1. The number of carbonyl (C=O) groups is 1. The number of carbonyl (C=O) groups excluding carboxylic acids is 1. The number of pyridine rings is 1. The van der Waals surface area contributed by atoms with Crippen molar-refractivity contribution in [1.82, 2.24) is 9.88 Å². The Morgan fingerprint density at radius 1 is 1.09 bits per heavy atom. The first kappa shape index (κ1) is 24.1. The van der Waals surface area contributed by atoms with Gasteiger partial charge < -0.3 is 10.2 Å². The van der Waals surface area contributed by atoms with Crippen molar-refractivity contribution in [2.45, 2.75) is 23.8 Å². The maximum absolute atomic E-state index is 13.9. The van der Waals surface area contributed by atoms with E-state index in [9.17, 15) is 22.0 Å². The normalized spacial score (nSPS) is 14.8. The molecule has 0 unspecified atom stereocenters. The number of hydrogen-bond donors (Lipinski definition) is 2. The number of aromatic nitrogens is 1. The van der Waals surface area contributed by atoms with Crippen LogP contribution in [0.3, 0.4) is 0 Å². The largest absolute Gasteiger partial charge is 0.353 e. The Hall–Kier alpha value is -3.08. The second-order valence-corrected chi connectivity index (χ2v) is 9.84. The summed E-state index contributed by atoms with van der Waals surface area (Å²) in [4.78, 5) is 18.8. The second-order valence-electron chi connectivity index (χ2n) is 7.96. The third-order valence-corrected chi connectivity index (χ3v) is 6.94.